The van der Waals surface area contributed by atoms with E-state index < -0.39 is 11.9 Å². The topological polar surface area (TPSA) is 38.7 Å². The monoisotopic (exact) mass is 290 g/mol. The van der Waals surface area contributed by atoms with Crippen molar-refractivity contribution in [3.63, 3.8) is 0 Å². The fraction of sp³-hybridized carbons (Fsp3) is 0.294. The predicted molar refractivity (Wildman–Crippen MR) is 79.1 cm³/mol. The van der Waals surface area contributed by atoms with Crippen LogP contribution in [0, 0.1) is 5.82 Å². The summed E-state index contributed by atoms with van der Waals surface area (Å²) in [5.41, 5.74) is 1.66. The molecule has 0 radical (unpaired) electrons. The molecule has 0 spiro atoms. The van der Waals surface area contributed by atoms with Crippen LogP contribution in [0.3, 0.4) is 0 Å². The maximum absolute atomic E-state index is 13.9. The van der Waals surface area contributed by atoms with Crippen LogP contribution in [0.15, 0.2) is 42.5 Å². The van der Waals surface area contributed by atoms with E-state index in [1.54, 1.807) is 32.2 Å². The minimum absolute atomic E-state index is 0.143. The SMILES string of the molecule is COCCc1ccc(Oc2ccc([C@@H](C)O)cc2F)cc1. The minimum atomic E-state index is -0.700. The standard InChI is InChI=1S/C17H19FO3/c1-12(19)14-5-8-17(16(18)11-14)21-15-6-3-13(4-7-15)9-10-20-2/h3-8,11-12,19H,9-10H2,1-2H3/t12-/m1/s1. The summed E-state index contributed by atoms with van der Waals surface area (Å²) in [6.07, 6.45) is 0.127. The van der Waals surface area contributed by atoms with Crippen molar-refractivity contribution in [1.82, 2.24) is 0 Å². The van der Waals surface area contributed by atoms with E-state index in [1.165, 1.54) is 12.1 Å². The number of hydrogen-bond acceptors (Lipinski definition) is 3. The van der Waals surface area contributed by atoms with E-state index in [0.717, 1.165) is 12.0 Å². The molecule has 1 N–H and O–H groups in total. The van der Waals surface area contributed by atoms with E-state index >= 15 is 0 Å². The van der Waals surface area contributed by atoms with Crippen molar-refractivity contribution in [2.45, 2.75) is 19.4 Å². The van der Waals surface area contributed by atoms with Gasteiger partial charge in [-0.15, -0.1) is 0 Å². The lowest BCUT2D eigenvalue weighted by Crippen LogP contribution is -1.96. The highest BCUT2D eigenvalue weighted by Gasteiger charge is 2.09. The second-order valence-electron chi connectivity index (χ2n) is 4.85. The van der Waals surface area contributed by atoms with Gasteiger partial charge in [0.15, 0.2) is 11.6 Å². The van der Waals surface area contributed by atoms with Gasteiger partial charge in [-0.3, -0.25) is 0 Å². The van der Waals surface area contributed by atoms with E-state index in [0.29, 0.717) is 17.9 Å². The zero-order valence-electron chi connectivity index (χ0n) is 12.2. The van der Waals surface area contributed by atoms with Gasteiger partial charge in [-0.1, -0.05) is 18.2 Å². The molecule has 0 saturated carbocycles. The molecule has 0 aliphatic rings. The number of hydrogen-bond donors (Lipinski definition) is 1. The van der Waals surface area contributed by atoms with Crippen LogP contribution in [0.25, 0.3) is 0 Å². The third kappa shape index (κ3) is 4.28. The maximum Gasteiger partial charge on any atom is 0.166 e. The van der Waals surface area contributed by atoms with Gasteiger partial charge in [-0.2, -0.15) is 0 Å². The molecule has 0 heterocycles. The summed E-state index contributed by atoms with van der Waals surface area (Å²) in [5, 5.41) is 9.41. The van der Waals surface area contributed by atoms with E-state index in [2.05, 4.69) is 0 Å². The van der Waals surface area contributed by atoms with Gasteiger partial charge in [0.25, 0.3) is 0 Å². The molecule has 2 aromatic rings. The summed E-state index contributed by atoms with van der Waals surface area (Å²) in [4.78, 5) is 0. The van der Waals surface area contributed by atoms with Crippen molar-refractivity contribution in [3.8, 4) is 11.5 Å². The van der Waals surface area contributed by atoms with Crippen LogP contribution in [-0.2, 0) is 11.2 Å². The van der Waals surface area contributed by atoms with Crippen LogP contribution < -0.4 is 4.74 Å². The molecule has 0 aliphatic carbocycles. The van der Waals surface area contributed by atoms with E-state index in [4.69, 9.17) is 9.47 Å². The van der Waals surface area contributed by atoms with Gasteiger partial charge in [-0.25, -0.2) is 4.39 Å². The Morgan fingerprint density at radius 2 is 1.86 bits per heavy atom. The van der Waals surface area contributed by atoms with Gasteiger partial charge in [0, 0.05) is 7.11 Å². The Morgan fingerprint density at radius 3 is 2.43 bits per heavy atom. The average Bonchev–Trinajstić information content (AvgIpc) is 2.48. The molecule has 21 heavy (non-hydrogen) atoms. The van der Waals surface area contributed by atoms with Gasteiger partial charge in [0.05, 0.1) is 12.7 Å². The Morgan fingerprint density at radius 1 is 1.14 bits per heavy atom. The lowest BCUT2D eigenvalue weighted by Gasteiger charge is -2.10. The Hall–Kier alpha value is -1.91. The molecule has 4 heteroatoms. The summed E-state index contributed by atoms with van der Waals surface area (Å²) in [5.74, 6) is 0.223. The van der Waals surface area contributed by atoms with Gasteiger partial charge in [0.2, 0.25) is 0 Å². The van der Waals surface area contributed by atoms with Crippen LogP contribution in [0.5, 0.6) is 11.5 Å². The quantitative estimate of drug-likeness (QED) is 0.878. The zero-order valence-corrected chi connectivity index (χ0v) is 12.2. The number of aliphatic hydroxyl groups excluding tert-OH is 1. The largest absolute Gasteiger partial charge is 0.454 e. The molecule has 1 atom stereocenters. The third-order valence-corrected chi connectivity index (χ3v) is 3.18. The molecule has 0 amide bonds. The Bertz CT molecular complexity index is 579. The number of aliphatic hydroxyl groups is 1. The highest BCUT2D eigenvalue weighted by atomic mass is 19.1. The summed E-state index contributed by atoms with van der Waals surface area (Å²) in [6, 6.07) is 11.9. The molecule has 2 aromatic carbocycles. The van der Waals surface area contributed by atoms with Gasteiger partial charge >= 0.3 is 0 Å². The highest BCUT2D eigenvalue weighted by Crippen LogP contribution is 2.27. The first-order valence-electron chi connectivity index (χ1n) is 6.83. The lowest BCUT2D eigenvalue weighted by molar-refractivity contribution is 0.198. The van der Waals surface area contributed by atoms with Crippen molar-refractivity contribution in [1.29, 1.82) is 0 Å². The molecule has 0 bridgehead atoms. The highest BCUT2D eigenvalue weighted by molar-refractivity contribution is 5.36. The van der Waals surface area contributed by atoms with Gasteiger partial charge < -0.3 is 14.6 Å². The van der Waals surface area contributed by atoms with Gasteiger partial charge in [-0.05, 0) is 48.7 Å². The molecule has 0 saturated heterocycles. The van der Waals surface area contributed by atoms with Crippen molar-refractivity contribution >= 4 is 0 Å². The van der Waals surface area contributed by atoms with Gasteiger partial charge in [0.1, 0.15) is 5.75 Å². The Labute approximate surface area is 124 Å². The first kappa shape index (κ1) is 15.5. The second-order valence-corrected chi connectivity index (χ2v) is 4.85. The molecule has 0 unspecified atom stereocenters. The number of methoxy groups -OCH3 is 1. The van der Waals surface area contributed by atoms with Crippen molar-refractivity contribution in [3.05, 3.63) is 59.4 Å². The van der Waals surface area contributed by atoms with Crippen molar-refractivity contribution in [2.24, 2.45) is 0 Å². The summed E-state index contributed by atoms with van der Waals surface area (Å²) in [7, 11) is 1.66. The Balaban J connectivity index is 2.07. The Kier molecular flexibility index (Phi) is 5.31. The molecule has 112 valence electrons. The number of halogens is 1. The number of benzene rings is 2. The first-order valence-corrected chi connectivity index (χ1v) is 6.83. The van der Waals surface area contributed by atoms with E-state index in [1.807, 2.05) is 12.1 Å². The van der Waals surface area contributed by atoms with Crippen LogP contribution in [0.1, 0.15) is 24.2 Å². The minimum Gasteiger partial charge on any atom is -0.454 e. The summed E-state index contributed by atoms with van der Waals surface area (Å²) in [6.45, 7) is 2.25. The molecular weight excluding hydrogens is 271 g/mol. The fourth-order valence-corrected chi connectivity index (χ4v) is 1.93. The zero-order chi connectivity index (χ0) is 15.2. The molecule has 2 rings (SSSR count). The van der Waals surface area contributed by atoms with Crippen molar-refractivity contribution in [2.75, 3.05) is 13.7 Å². The van der Waals surface area contributed by atoms with Crippen molar-refractivity contribution < 1.29 is 19.0 Å². The van der Waals surface area contributed by atoms with Crippen LogP contribution in [0.4, 0.5) is 4.39 Å². The lowest BCUT2D eigenvalue weighted by atomic mass is 10.1. The van der Waals surface area contributed by atoms with Crippen LogP contribution in [0.2, 0.25) is 0 Å². The summed E-state index contributed by atoms with van der Waals surface area (Å²) >= 11 is 0. The predicted octanol–water partition coefficient (Wildman–Crippen LogP) is 3.86. The molecule has 0 aliphatic heterocycles. The first-order chi connectivity index (χ1) is 10.1. The third-order valence-electron chi connectivity index (χ3n) is 3.18. The molecule has 0 aromatic heterocycles. The molecule has 0 fully saturated rings. The van der Waals surface area contributed by atoms with Crippen LogP contribution in [-0.4, -0.2) is 18.8 Å². The number of ether oxygens (including phenoxy) is 2. The second kappa shape index (κ2) is 7.20. The normalized spacial score (nSPS) is 12.2. The molecule has 3 nitrogen and oxygen atoms in total. The van der Waals surface area contributed by atoms with E-state index in [-0.39, 0.29) is 5.75 Å². The van der Waals surface area contributed by atoms with Crippen LogP contribution >= 0.6 is 0 Å². The summed E-state index contributed by atoms with van der Waals surface area (Å²) < 4.78 is 24.4. The fourth-order valence-electron chi connectivity index (χ4n) is 1.93. The smallest absolute Gasteiger partial charge is 0.166 e. The molecular formula is C17H19FO3. The average molecular weight is 290 g/mol. The number of rotatable bonds is 6. The maximum atomic E-state index is 13.9. The van der Waals surface area contributed by atoms with E-state index in [9.17, 15) is 9.50 Å².